The zero-order valence-electron chi connectivity index (χ0n) is 12.2. The highest BCUT2D eigenvalue weighted by molar-refractivity contribution is 4.94. The number of fused-ring (bicyclic) bond motifs is 2. The lowest BCUT2D eigenvalue weighted by Crippen LogP contribution is -2.44. The van der Waals surface area contributed by atoms with E-state index in [1.165, 1.54) is 57.9 Å². The van der Waals surface area contributed by atoms with Crippen LogP contribution in [-0.2, 0) is 0 Å². The van der Waals surface area contributed by atoms with Crippen molar-refractivity contribution in [1.29, 1.82) is 0 Å². The molecule has 1 saturated carbocycles. The molecule has 0 amide bonds. The van der Waals surface area contributed by atoms with Crippen molar-refractivity contribution in [2.75, 3.05) is 13.6 Å². The van der Waals surface area contributed by atoms with Crippen LogP contribution in [0.25, 0.3) is 0 Å². The van der Waals surface area contributed by atoms with Gasteiger partial charge in [0.25, 0.3) is 0 Å². The lowest BCUT2D eigenvalue weighted by Gasteiger charge is -2.37. The zero-order chi connectivity index (χ0) is 12.5. The third-order valence-corrected chi connectivity index (χ3v) is 5.66. The third kappa shape index (κ3) is 2.75. The Morgan fingerprint density at radius 3 is 2.33 bits per heavy atom. The molecule has 0 aromatic rings. The molecule has 104 valence electrons. The van der Waals surface area contributed by atoms with E-state index < -0.39 is 0 Å². The van der Waals surface area contributed by atoms with Crippen molar-refractivity contribution in [3.05, 3.63) is 0 Å². The predicted octanol–water partition coefficient (Wildman–Crippen LogP) is 3.03. The molecule has 1 N–H and O–H groups in total. The SMILES string of the molecule is CCCC(NCC1CC2CCC(C1)N2C)C1CC1. The number of nitrogens with zero attached hydrogens (tertiary/aromatic N) is 1. The molecule has 3 rings (SSSR count). The van der Waals surface area contributed by atoms with Gasteiger partial charge in [0.05, 0.1) is 0 Å². The summed E-state index contributed by atoms with van der Waals surface area (Å²) in [5, 5.41) is 3.92. The molecule has 1 aliphatic carbocycles. The van der Waals surface area contributed by atoms with Crippen LogP contribution in [0.3, 0.4) is 0 Å². The lowest BCUT2D eigenvalue weighted by molar-refractivity contribution is 0.130. The van der Waals surface area contributed by atoms with E-state index >= 15 is 0 Å². The van der Waals surface area contributed by atoms with E-state index in [9.17, 15) is 0 Å². The molecule has 3 aliphatic rings. The molecule has 2 heteroatoms. The van der Waals surface area contributed by atoms with Crippen LogP contribution in [0.4, 0.5) is 0 Å². The van der Waals surface area contributed by atoms with Crippen molar-refractivity contribution in [2.24, 2.45) is 11.8 Å². The summed E-state index contributed by atoms with van der Waals surface area (Å²) in [4.78, 5) is 2.65. The number of piperidine rings is 1. The van der Waals surface area contributed by atoms with E-state index in [0.717, 1.165) is 30.0 Å². The minimum Gasteiger partial charge on any atom is -0.313 e. The van der Waals surface area contributed by atoms with Gasteiger partial charge >= 0.3 is 0 Å². The largest absolute Gasteiger partial charge is 0.313 e. The summed E-state index contributed by atoms with van der Waals surface area (Å²) in [5.74, 6) is 1.98. The van der Waals surface area contributed by atoms with Crippen LogP contribution >= 0.6 is 0 Å². The van der Waals surface area contributed by atoms with Crippen molar-refractivity contribution in [3.8, 4) is 0 Å². The molecule has 3 fully saturated rings. The maximum atomic E-state index is 3.92. The minimum atomic E-state index is 0.840. The van der Waals surface area contributed by atoms with Crippen molar-refractivity contribution in [2.45, 2.75) is 76.4 Å². The van der Waals surface area contributed by atoms with Gasteiger partial charge in [-0.25, -0.2) is 0 Å². The maximum Gasteiger partial charge on any atom is 0.00988 e. The quantitative estimate of drug-likeness (QED) is 0.779. The Balaban J connectivity index is 1.45. The monoisotopic (exact) mass is 250 g/mol. The van der Waals surface area contributed by atoms with Gasteiger partial charge < -0.3 is 10.2 Å². The Morgan fingerprint density at radius 2 is 1.78 bits per heavy atom. The highest BCUT2D eigenvalue weighted by Crippen LogP contribution is 2.38. The predicted molar refractivity (Wildman–Crippen MR) is 76.7 cm³/mol. The second-order valence-corrected chi connectivity index (χ2v) is 7.03. The topological polar surface area (TPSA) is 15.3 Å². The molecule has 0 aromatic carbocycles. The molecule has 18 heavy (non-hydrogen) atoms. The number of rotatable bonds is 6. The Hall–Kier alpha value is -0.0800. The van der Waals surface area contributed by atoms with Crippen LogP contribution in [0.5, 0.6) is 0 Å². The fourth-order valence-corrected chi connectivity index (χ4v) is 4.32. The summed E-state index contributed by atoms with van der Waals surface area (Å²) in [6.45, 7) is 3.62. The van der Waals surface area contributed by atoms with Gasteiger partial charge in [0.1, 0.15) is 0 Å². The molecule has 0 spiro atoms. The number of hydrogen-bond donors (Lipinski definition) is 1. The molecule has 0 aromatic heterocycles. The Labute approximate surface area is 113 Å². The van der Waals surface area contributed by atoms with E-state index in [2.05, 4.69) is 24.2 Å². The van der Waals surface area contributed by atoms with Crippen LogP contribution in [0.15, 0.2) is 0 Å². The van der Waals surface area contributed by atoms with Crippen LogP contribution < -0.4 is 5.32 Å². The van der Waals surface area contributed by atoms with E-state index in [-0.39, 0.29) is 0 Å². The molecule has 0 radical (unpaired) electrons. The maximum absolute atomic E-state index is 3.92. The summed E-state index contributed by atoms with van der Waals surface area (Å²) in [6, 6.07) is 2.65. The van der Waals surface area contributed by atoms with Crippen LogP contribution in [0, 0.1) is 11.8 Å². The lowest BCUT2D eigenvalue weighted by atomic mass is 9.90. The van der Waals surface area contributed by atoms with Gasteiger partial charge in [-0.3, -0.25) is 0 Å². The zero-order valence-corrected chi connectivity index (χ0v) is 12.2. The normalized spacial score (nSPS) is 38.0. The van der Waals surface area contributed by atoms with Gasteiger partial charge in [-0.05, 0) is 70.4 Å². The van der Waals surface area contributed by atoms with Gasteiger partial charge in [-0.1, -0.05) is 13.3 Å². The first-order valence-electron chi connectivity index (χ1n) is 8.23. The summed E-state index contributed by atoms with van der Waals surface area (Å²) < 4.78 is 0. The van der Waals surface area contributed by atoms with Crippen LogP contribution in [0.1, 0.15) is 58.3 Å². The number of nitrogens with one attached hydrogen (secondary N) is 1. The highest BCUT2D eigenvalue weighted by atomic mass is 15.2. The van der Waals surface area contributed by atoms with Crippen LogP contribution in [0.2, 0.25) is 0 Å². The molecular weight excluding hydrogens is 220 g/mol. The first kappa shape index (κ1) is 12.9. The standard InChI is InChI=1S/C16H30N2/c1-3-4-16(13-5-6-13)17-11-12-9-14-7-8-15(10-12)18(14)2/h12-17H,3-11H2,1-2H3. The molecule has 3 unspecified atom stereocenters. The third-order valence-electron chi connectivity index (χ3n) is 5.66. The fourth-order valence-electron chi connectivity index (χ4n) is 4.32. The van der Waals surface area contributed by atoms with Gasteiger partial charge in [0, 0.05) is 18.1 Å². The van der Waals surface area contributed by atoms with Gasteiger partial charge in [-0.2, -0.15) is 0 Å². The Bertz CT molecular complexity index is 260. The molecule has 2 heterocycles. The average Bonchev–Trinajstić information content (AvgIpc) is 3.16. The van der Waals surface area contributed by atoms with Crippen LogP contribution in [-0.4, -0.2) is 36.6 Å². The first-order valence-corrected chi connectivity index (χ1v) is 8.23. The molecule has 3 atom stereocenters. The summed E-state index contributed by atoms with van der Waals surface area (Å²) in [7, 11) is 2.34. The Morgan fingerprint density at radius 1 is 1.11 bits per heavy atom. The summed E-state index contributed by atoms with van der Waals surface area (Å²) in [6.07, 6.45) is 11.5. The number of hydrogen-bond acceptors (Lipinski definition) is 2. The average molecular weight is 250 g/mol. The molecule has 2 bridgehead atoms. The summed E-state index contributed by atoms with van der Waals surface area (Å²) >= 11 is 0. The fraction of sp³-hybridized carbons (Fsp3) is 1.00. The second kappa shape index (κ2) is 5.50. The van der Waals surface area contributed by atoms with Crippen molar-refractivity contribution in [3.63, 3.8) is 0 Å². The summed E-state index contributed by atoms with van der Waals surface area (Å²) in [5.41, 5.74) is 0. The smallest absolute Gasteiger partial charge is 0.00988 e. The van der Waals surface area contributed by atoms with Crippen molar-refractivity contribution < 1.29 is 0 Å². The molecule has 2 nitrogen and oxygen atoms in total. The van der Waals surface area contributed by atoms with Gasteiger partial charge in [0.15, 0.2) is 0 Å². The van der Waals surface area contributed by atoms with Gasteiger partial charge in [-0.15, -0.1) is 0 Å². The van der Waals surface area contributed by atoms with E-state index in [4.69, 9.17) is 0 Å². The van der Waals surface area contributed by atoms with Gasteiger partial charge in [0.2, 0.25) is 0 Å². The van der Waals surface area contributed by atoms with Crippen molar-refractivity contribution in [1.82, 2.24) is 10.2 Å². The van der Waals surface area contributed by atoms with E-state index in [1.54, 1.807) is 0 Å². The highest BCUT2D eigenvalue weighted by Gasteiger charge is 2.38. The minimum absolute atomic E-state index is 0.840. The molecule has 2 saturated heterocycles. The first-order chi connectivity index (χ1) is 8.78. The van der Waals surface area contributed by atoms with E-state index in [0.29, 0.717) is 0 Å². The Kier molecular flexibility index (Phi) is 3.95. The van der Waals surface area contributed by atoms with E-state index in [1.807, 2.05) is 0 Å². The molecule has 2 aliphatic heterocycles. The second-order valence-electron chi connectivity index (χ2n) is 7.03. The van der Waals surface area contributed by atoms with Crippen molar-refractivity contribution >= 4 is 0 Å². The molecular formula is C16H30N2.